The van der Waals surface area contributed by atoms with Gasteiger partial charge in [0.05, 0.1) is 35.0 Å². The van der Waals surface area contributed by atoms with Crippen molar-refractivity contribution in [1.82, 2.24) is 9.80 Å². The van der Waals surface area contributed by atoms with Gasteiger partial charge >= 0.3 is 6.09 Å². The van der Waals surface area contributed by atoms with Gasteiger partial charge in [0, 0.05) is 18.7 Å². The first kappa shape index (κ1) is 19.2. The molecule has 128 valence electrons. The normalized spacial score (nSPS) is 16.4. The Morgan fingerprint density at radius 3 is 2.39 bits per heavy atom. The van der Waals surface area contributed by atoms with Gasteiger partial charge < -0.3 is 9.84 Å². The van der Waals surface area contributed by atoms with Gasteiger partial charge in [0.25, 0.3) is 0 Å². The lowest BCUT2D eigenvalue weighted by atomic mass is 10.2. The summed E-state index contributed by atoms with van der Waals surface area (Å²) in [5, 5.41) is 9.81. The van der Waals surface area contributed by atoms with Crippen LogP contribution in [0, 0.1) is 0 Å². The molecule has 1 aromatic rings. The van der Waals surface area contributed by atoms with Gasteiger partial charge in [0.1, 0.15) is 0 Å². The summed E-state index contributed by atoms with van der Waals surface area (Å²) in [6.07, 6.45) is -1.29. The molecule has 1 aliphatic heterocycles. The van der Waals surface area contributed by atoms with Crippen molar-refractivity contribution in [2.24, 2.45) is 0 Å². The lowest BCUT2D eigenvalue weighted by molar-refractivity contribution is 0.00600. The maximum atomic E-state index is 11.7. The topological polar surface area (TPSA) is 53.0 Å². The monoisotopic (exact) mass is 420 g/mol. The minimum Gasteiger partial charge on any atom is -0.465 e. The summed E-state index contributed by atoms with van der Waals surface area (Å²) >= 11 is 30.7. The second kappa shape index (κ2) is 7.83. The Morgan fingerprint density at radius 1 is 1.22 bits per heavy atom. The van der Waals surface area contributed by atoms with Crippen molar-refractivity contribution in [3.05, 3.63) is 32.8 Å². The largest absolute Gasteiger partial charge is 0.465 e. The van der Waals surface area contributed by atoms with Crippen LogP contribution < -0.4 is 0 Å². The first-order valence-corrected chi connectivity index (χ1v) is 8.46. The van der Waals surface area contributed by atoms with Gasteiger partial charge in [-0.15, -0.1) is 0 Å². The lowest BCUT2D eigenvalue weighted by Gasteiger charge is -2.38. The van der Waals surface area contributed by atoms with Crippen molar-refractivity contribution in [2.75, 3.05) is 33.0 Å². The summed E-state index contributed by atoms with van der Waals surface area (Å²) in [6, 6.07) is 2.91. The van der Waals surface area contributed by atoms with Crippen LogP contribution in [0.3, 0.4) is 0 Å². The lowest BCUT2D eigenvalue weighted by Crippen LogP contribution is -2.51. The molecule has 1 aromatic carbocycles. The zero-order chi connectivity index (χ0) is 17.2. The molecule has 1 N–H and O–H groups in total. The number of benzene rings is 1. The summed E-state index contributed by atoms with van der Waals surface area (Å²) in [4.78, 5) is 14.4. The van der Waals surface area contributed by atoms with Gasteiger partial charge in [-0.1, -0.05) is 64.1 Å². The molecule has 0 unspecified atom stereocenters. The van der Waals surface area contributed by atoms with E-state index in [4.69, 9.17) is 62.7 Å². The molecule has 5 nitrogen and oxygen atoms in total. The van der Waals surface area contributed by atoms with Crippen LogP contribution in [0.1, 0.15) is 5.56 Å². The van der Waals surface area contributed by atoms with Gasteiger partial charge in [-0.3, -0.25) is 9.80 Å². The van der Waals surface area contributed by atoms with Crippen LogP contribution in [-0.2, 0) is 9.19 Å². The van der Waals surface area contributed by atoms with Crippen LogP contribution in [0.2, 0.25) is 15.1 Å². The fourth-order valence-corrected chi connectivity index (χ4v) is 3.45. The van der Waals surface area contributed by atoms with Crippen molar-refractivity contribution in [3.63, 3.8) is 0 Å². The molecule has 1 fully saturated rings. The smallest absolute Gasteiger partial charge is 0.411 e. The molecule has 0 atom stereocenters. The molecule has 0 bridgehead atoms. The molecule has 1 heterocycles. The average molecular weight is 423 g/mol. The Balaban J connectivity index is 2.32. The van der Waals surface area contributed by atoms with Gasteiger partial charge in [-0.2, -0.15) is 0 Å². The number of hydrogen-bond acceptors (Lipinski definition) is 3. The van der Waals surface area contributed by atoms with E-state index in [0.717, 1.165) is 4.90 Å². The first-order chi connectivity index (χ1) is 10.7. The second-order valence-corrected chi connectivity index (χ2v) is 7.30. The predicted molar refractivity (Wildman–Crippen MR) is 92.0 cm³/mol. The van der Waals surface area contributed by atoms with Crippen LogP contribution in [0.25, 0.3) is 0 Å². The van der Waals surface area contributed by atoms with Crippen molar-refractivity contribution >= 4 is 64.1 Å². The van der Waals surface area contributed by atoms with E-state index in [9.17, 15) is 9.90 Å². The maximum absolute atomic E-state index is 11.7. The summed E-state index contributed by atoms with van der Waals surface area (Å²) in [5.74, 6) is 0. The Morgan fingerprint density at radius 2 is 1.83 bits per heavy atom. The van der Waals surface area contributed by atoms with Crippen molar-refractivity contribution < 1.29 is 14.6 Å². The number of rotatable bonds is 4. The number of amides is 1. The van der Waals surface area contributed by atoms with E-state index in [1.54, 1.807) is 0 Å². The highest BCUT2D eigenvalue weighted by Gasteiger charge is 2.41. The number of morpholine rings is 1. The van der Waals surface area contributed by atoms with Gasteiger partial charge in [0.2, 0.25) is 4.46 Å². The Bertz CT molecular complexity index is 593. The Labute approximate surface area is 158 Å². The molecular formula is C13H13Cl5N2O3. The highest BCUT2D eigenvalue weighted by Crippen LogP contribution is 2.45. The molecular weight excluding hydrogens is 409 g/mol. The third-order valence-electron chi connectivity index (χ3n) is 3.37. The van der Waals surface area contributed by atoms with Crippen molar-refractivity contribution in [3.8, 4) is 0 Å². The number of ether oxygens (including phenoxy) is 1. The molecule has 0 spiro atoms. The number of alkyl halides is 2. The fourth-order valence-electron chi connectivity index (χ4n) is 2.12. The van der Waals surface area contributed by atoms with E-state index < -0.39 is 10.6 Å². The van der Waals surface area contributed by atoms with Crippen LogP contribution in [0.5, 0.6) is 0 Å². The molecule has 1 amide bonds. The number of nitrogens with zero attached hydrogens (tertiary/aromatic N) is 2. The molecule has 23 heavy (non-hydrogen) atoms. The minimum atomic E-state index is -1.92. The highest BCUT2D eigenvalue weighted by molar-refractivity contribution is 6.52. The Kier molecular flexibility index (Phi) is 6.53. The number of halogens is 5. The summed E-state index contributed by atoms with van der Waals surface area (Å²) < 4.78 is 3.31. The van der Waals surface area contributed by atoms with E-state index in [2.05, 4.69) is 0 Å². The number of carboxylic acid groups (broad SMARTS) is 1. The molecule has 0 saturated carbocycles. The third kappa shape index (κ3) is 4.28. The van der Waals surface area contributed by atoms with Crippen LogP contribution in [-0.4, -0.2) is 54.0 Å². The second-order valence-electron chi connectivity index (χ2n) is 4.85. The quantitative estimate of drug-likeness (QED) is 0.441. The van der Waals surface area contributed by atoms with Crippen LogP contribution in [0.15, 0.2) is 12.1 Å². The molecule has 1 aliphatic rings. The van der Waals surface area contributed by atoms with Gasteiger partial charge in [-0.25, -0.2) is 4.79 Å². The molecule has 0 aromatic heterocycles. The summed E-state index contributed by atoms with van der Waals surface area (Å²) in [5.41, 5.74) is 0.146. The highest BCUT2D eigenvalue weighted by atomic mass is 35.5. The molecule has 0 radical (unpaired) electrons. The Hall–Kier alpha value is -0.140. The van der Waals surface area contributed by atoms with Gasteiger partial charge in [-0.05, 0) is 6.07 Å². The SMILES string of the molecule is O=C(O)N(CN1CCOCC1)C(Cl)(Cl)c1ccc(Cl)c(Cl)c1Cl. The first-order valence-electron chi connectivity index (χ1n) is 6.57. The molecule has 2 rings (SSSR count). The minimum absolute atomic E-state index is 0.00225. The van der Waals surface area contributed by atoms with Crippen LogP contribution >= 0.6 is 58.0 Å². The predicted octanol–water partition coefficient (Wildman–Crippen LogP) is 4.50. The van der Waals surface area contributed by atoms with Crippen molar-refractivity contribution in [2.45, 2.75) is 4.46 Å². The van der Waals surface area contributed by atoms with Gasteiger partial charge in [0.15, 0.2) is 0 Å². The van der Waals surface area contributed by atoms with E-state index in [1.165, 1.54) is 12.1 Å². The standard InChI is InChI=1S/C13H13Cl5N2O3/c14-9-2-1-8(10(15)11(9)16)13(17,18)20(12(21)22)7-19-3-5-23-6-4-19/h1-2H,3-7H2,(H,21,22). The number of hydrogen-bond donors (Lipinski definition) is 1. The van der Waals surface area contributed by atoms with E-state index in [0.29, 0.717) is 26.3 Å². The molecule has 10 heteroatoms. The fraction of sp³-hybridized carbons (Fsp3) is 0.462. The summed E-state index contributed by atoms with van der Waals surface area (Å²) in [7, 11) is 0. The van der Waals surface area contributed by atoms with E-state index in [-0.39, 0.29) is 27.3 Å². The van der Waals surface area contributed by atoms with Crippen LogP contribution in [0.4, 0.5) is 4.79 Å². The maximum Gasteiger partial charge on any atom is 0.411 e. The number of carbonyl (C=O) groups is 1. The van der Waals surface area contributed by atoms with E-state index in [1.807, 2.05) is 4.90 Å². The van der Waals surface area contributed by atoms with E-state index >= 15 is 0 Å². The molecule has 0 aliphatic carbocycles. The average Bonchev–Trinajstić information content (AvgIpc) is 2.50. The third-order valence-corrected chi connectivity index (χ3v) is 5.48. The molecule has 1 saturated heterocycles. The zero-order valence-electron chi connectivity index (χ0n) is 11.7. The zero-order valence-corrected chi connectivity index (χ0v) is 15.5. The summed E-state index contributed by atoms with van der Waals surface area (Å²) in [6.45, 7) is 2.17. The van der Waals surface area contributed by atoms with Crippen molar-refractivity contribution in [1.29, 1.82) is 0 Å².